The second-order valence-corrected chi connectivity index (χ2v) is 7.42. The molecule has 1 fully saturated rings. The van der Waals surface area contributed by atoms with Crippen molar-refractivity contribution in [1.29, 1.82) is 0 Å². The van der Waals surface area contributed by atoms with E-state index in [0.29, 0.717) is 36.7 Å². The fraction of sp³-hybridized carbons (Fsp3) is 0.647. The van der Waals surface area contributed by atoms with Gasteiger partial charge in [0.15, 0.2) is 6.54 Å². The lowest BCUT2D eigenvalue weighted by molar-refractivity contribution is -0.899. The molecule has 7 nitrogen and oxygen atoms in total. The Morgan fingerprint density at radius 2 is 2.16 bits per heavy atom. The quantitative estimate of drug-likeness (QED) is 0.643. The zero-order valence-electron chi connectivity index (χ0n) is 14.4. The molecule has 1 aromatic rings. The highest BCUT2D eigenvalue weighted by Crippen LogP contribution is 2.42. The van der Waals surface area contributed by atoms with E-state index in [1.54, 1.807) is 6.92 Å². The van der Waals surface area contributed by atoms with Crippen molar-refractivity contribution in [3.8, 4) is 0 Å². The number of carbonyl (C=O) groups is 2. The minimum atomic E-state index is -0.572. The van der Waals surface area contributed by atoms with Crippen LogP contribution in [0.25, 0.3) is 0 Å². The third kappa shape index (κ3) is 4.20. The van der Waals surface area contributed by atoms with Crippen molar-refractivity contribution < 1.29 is 29.1 Å². The Morgan fingerprint density at radius 1 is 1.40 bits per heavy atom. The first kappa shape index (κ1) is 18.3. The van der Waals surface area contributed by atoms with Gasteiger partial charge < -0.3 is 24.8 Å². The van der Waals surface area contributed by atoms with Gasteiger partial charge in [0, 0.05) is 4.88 Å². The molecule has 0 aromatic carbocycles. The number of nitrogens with one attached hydrogen (secondary N) is 2. The molecule has 2 aliphatic rings. The molecule has 0 spiro atoms. The van der Waals surface area contributed by atoms with Crippen molar-refractivity contribution >= 4 is 28.2 Å². The molecule has 1 saturated heterocycles. The number of quaternary nitrogens is 1. The average Bonchev–Trinajstić information content (AvgIpc) is 2.95. The van der Waals surface area contributed by atoms with E-state index in [1.807, 2.05) is 0 Å². The third-order valence-corrected chi connectivity index (χ3v) is 5.84. The summed E-state index contributed by atoms with van der Waals surface area (Å²) in [5.74, 6) is -0.557. The number of fused-ring (bicyclic) bond motifs is 1. The maximum absolute atomic E-state index is 12.4. The molecule has 138 valence electrons. The second-order valence-electron chi connectivity index (χ2n) is 6.36. The first-order chi connectivity index (χ1) is 12.1. The molecule has 0 saturated carbocycles. The lowest BCUT2D eigenvalue weighted by atomic mass is 9.93. The Balaban J connectivity index is 1.79. The molecule has 25 heavy (non-hydrogen) atoms. The molecule has 2 heterocycles. The number of amides is 1. The number of hydrogen-bond acceptors (Lipinski definition) is 6. The second kappa shape index (κ2) is 8.27. The number of hydrogen-bond donors (Lipinski definition) is 3. The van der Waals surface area contributed by atoms with E-state index in [2.05, 4.69) is 5.32 Å². The zero-order chi connectivity index (χ0) is 17.8. The molecule has 3 rings (SSSR count). The average molecular weight is 369 g/mol. The van der Waals surface area contributed by atoms with Crippen LogP contribution in [0.2, 0.25) is 0 Å². The van der Waals surface area contributed by atoms with Gasteiger partial charge in [-0.3, -0.25) is 4.79 Å². The Hall–Kier alpha value is -1.48. The lowest BCUT2D eigenvalue weighted by Crippen LogP contribution is -3.15. The maximum atomic E-state index is 12.4. The van der Waals surface area contributed by atoms with Crippen LogP contribution in [0, 0.1) is 0 Å². The van der Waals surface area contributed by atoms with E-state index >= 15 is 0 Å². The standard InChI is InChI=1S/C17H24N2O5S/c1-2-24-17(22)14-11-4-3-5-12(20)15(11)25-16(14)18-13(21)10-19-6-8-23-9-7-19/h12,20H,2-10H2,1H3,(H,18,21)/p+1/t12-/m1/s1. The summed E-state index contributed by atoms with van der Waals surface area (Å²) >= 11 is 1.30. The summed E-state index contributed by atoms with van der Waals surface area (Å²) in [6.07, 6.45) is 1.66. The normalized spacial score (nSPS) is 20.8. The minimum Gasteiger partial charge on any atom is -0.462 e. The largest absolute Gasteiger partial charge is 0.462 e. The van der Waals surface area contributed by atoms with Gasteiger partial charge in [0.2, 0.25) is 0 Å². The number of carbonyl (C=O) groups excluding carboxylic acids is 2. The molecular formula is C17H25N2O5S+. The molecular weight excluding hydrogens is 344 g/mol. The van der Waals surface area contributed by atoms with Gasteiger partial charge in [-0.1, -0.05) is 0 Å². The highest BCUT2D eigenvalue weighted by molar-refractivity contribution is 7.17. The van der Waals surface area contributed by atoms with Crippen molar-refractivity contribution in [3.05, 3.63) is 16.0 Å². The van der Waals surface area contributed by atoms with E-state index in [1.165, 1.54) is 16.2 Å². The number of rotatable bonds is 5. The van der Waals surface area contributed by atoms with Crippen molar-refractivity contribution in [3.63, 3.8) is 0 Å². The fourth-order valence-electron chi connectivity index (χ4n) is 3.35. The number of thiophene rings is 1. The smallest absolute Gasteiger partial charge is 0.341 e. The van der Waals surface area contributed by atoms with Gasteiger partial charge in [0.05, 0.1) is 31.5 Å². The summed E-state index contributed by atoms with van der Waals surface area (Å²) < 4.78 is 10.5. The summed E-state index contributed by atoms with van der Waals surface area (Å²) in [6, 6.07) is 0. The fourth-order valence-corrected chi connectivity index (χ4v) is 4.62. The van der Waals surface area contributed by atoms with Crippen LogP contribution in [0.1, 0.15) is 46.7 Å². The van der Waals surface area contributed by atoms with Crippen LogP contribution >= 0.6 is 11.3 Å². The molecule has 8 heteroatoms. The summed E-state index contributed by atoms with van der Waals surface area (Å²) in [5, 5.41) is 13.6. The molecule has 1 atom stereocenters. The van der Waals surface area contributed by atoms with Crippen molar-refractivity contribution in [2.24, 2.45) is 0 Å². The minimum absolute atomic E-state index is 0.129. The predicted octanol–water partition coefficient (Wildman–Crippen LogP) is 0.148. The van der Waals surface area contributed by atoms with Gasteiger partial charge in [-0.05, 0) is 31.7 Å². The highest BCUT2D eigenvalue weighted by atomic mass is 32.1. The van der Waals surface area contributed by atoms with Gasteiger partial charge in [-0.25, -0.2) is 4.79 Å². The van der Waals surface area contributed by atoms with Crippen molar-refractivity contribution in [2.75, 3.05) is 44.8 Å². The van der Waals surface area contributed by atoms with E-state index in [0.717, 1.165) is 36.4 Å². The van der Waals surface area contributed by atoms with E-state index in [4.69, 9.17) is 9.47 Å². The van der Waals surface area contributed by atoms with Crippen LogP contribution < -0.4 is 10.2 Å². The van der Waals surface area contributed by atoms with Crippen LogP contribution in [0.4, 0.5) is 5.00 Å². The monoisotopic (exact) mass is 369 g/mol. The topological polar surface area (TPSA) is 89.3 Å². The van der Waals surface area contributed by atoms with E-state index < -0.39 is 12.1 Å². The third-order valence-electron chi connectivity index (χ3n) is 4.59. The van der Waals surface area contributed by atoms with Crippen LogP contribution in [0.15, 0.2) is 0 Å². The van der Waals surface area contributed by atoms with Crippen LogP contribution in [-0.2, 0) is 20.7 Å². The number of aliphatic hydroxyl groups excluding tert-OH is 1. The van der Waals surface area contributed by atoms with Crippen molar-refractivity contribution in [1.82, 2.24) is 0 Å². The number of ether oxygens (including phenoxy) is 2. The summed E-state index contributed by atoms with van der Waals surface area (Å²) in [7, 11) is 0. The van der Waals surface area contributed by atoms with E-state index in [-0.39, 0.29) is 12.5 Å². The Kier molecular flexibility index (Phi) is 6.06. The number of anilines is 1. The molecule has 1 aliphatic carbocycles. The van der Waals surface area contributed by atoms with Gasteiger partial charge in [-0.15, -0.1) is 11.3 Å². The molecule has 1 amide bonds. The summed E-state index contributed by atoms with van der Waals surface area (Å²) in [4.78, 5) is 26.8. The highest BCUT2D eigenvalue weighted by Gasteiger charge is 2.31. The Morgan fingerprint density at radius 3 is 2.88 bits per heavy atom. The summed E-state index contributed by atoms with van der Waals surface area (Å²) in [5.41, 5.74) is 1.25. The first-order valence-electron chi connectivity index (χ1n) is 8.82. The number of morpholine rings is 1. The number of esters is 1. The van der Waals surface area contributed by atoms with Gasteiger partial charge in [0.1, 0.15) is 18.1 Å². The lowest BCUT2D eigenvalue weighted by Gasteiger charge is -2.23. The van der Waals surface area contributed by atoms with Crippen LogP contribution in [0.5, 0.6) is 0 Å². The SMILES string of the molecule is CCOC(=O)c1c(NC(=O)C[NH+]2CCOCC2)sc2c1CCC[C@H]2O. The van der Waals surface area contributed by atoms with E-state index in [9.17, 15) is 14.7 Å². The molecule has 0 radical (unpaired) electrons. The Labute approximate surface area is 150 Å². The number of aliphatic hydroxyl groups is 1. The Bertz CT molecular complexity index is 639. The van der Waals surface area contributed by atoms with Crippen molar-refractivity contribution in [2.45, 2.75) is 32.3 Å². The molecule has 0 bridgehead atoms. The summed E-state index contributed by atoms with van der Waals surface area (Å²) in [6.45, 7) is 5.31. The molecule has 3 N–H and O–H groups in total. The van der Waals surface area contributed by atoms with Crippen LogP contribution in [-0.4, -0.2) is 56.4 Å². The maximum Gasteiger partial charge on any atom is 0.341 e. The molecule has 1 aliphatic heterocycles. The first-order valence-corrected chi connectivity index (χ1v) is 9.63. The van der Waals surface area contributed by atoms with Gasteiger partial charge >= 0.3 is 5.97 Å². The zero-order valence-corrected chi connectivity index (χ0v) is 15.2. The van der Waals surface area contributed by atoms with Gasteiger partial charge in [0.25, 0.3) is 5.91 Å². The molecule has 1 aromatic heterocycles. The predicted molar refractivity (Wildman–Crippen MR) is 93.2 cm³/mol. The van der Waals surface area contributed by atoms with Gasteiger partial charge in [-0.2, -0.15) is 0 Å². The van der Waals surface area contributed by atoms with Crippen LogP contribution in [0.3, 0.4) is 0 Å². The molecule has 0 unspecified atom stereocenters.